The highest BCUT2D eigenvalue weighted by atomic mass is 19.1. The van der Waals surface area contributed by atoms with Crippen LogP contribution in [0.1, 0.15) is 6.42 Å². The molecule has 0 aliphatic heterocycles. The topological polar surface area (TPSA) is 17.1 Å². The van der Waals surface area contributed by atoms with Crippen molar-refractivity contribution < 1.29 is 13.6 Å². The zero-order valence-corrected chi connectivity index (χ0v) is 5.18. The van der Waals surface area contributed by atoms with E-state index in [4.69, 9.17) is 0 Å². The minimum Gasteiger partial charge on any atom is -0.299 e. The molecule has 1 aliphatic carbocycles. The van der Waals surface area contributed by atoms with Crippen LogP contribution in [0.5, 0.6) is 0 Å². The Morgan fingerprint density at radius 3 is 2.80 bits per heavy atom. The largest absolute Gasteiger partial charge is 0.299 e. The van der Waals surface area contributed by atoms with E-state index in [0.717, 1.165) is 12.2 Å². The highest BCUT2D eigenvalue weighted by Crippen LogP contribution is 2.25. The molecule has 0 aromatic carbocycles. The first-order chi connectivity index (χ1) is 4.66. The summed E-state index contributed by atoms with van der Waals surface area (Å²) in [5.74, 6) is -0.600. The van der Waals surface area contributed by atoms with E-state index in [1.165, 1.54) is 6.08 Å². The van der Waals surface area contributed by atoms with Crippen molar-refractivity contribution >= 4 is 6.29 Å². The molecule has 0 saturated heterocycles. The molecule has 0 aromatic rings. The van der Waals surface area contributed by atoms with Gasteiger partial charge in [-0.15, -0.1) is 0 Å². The van der Waals surface area contributed by atoms with E-state index in [0.29, 0.717) is 0 Å². The van der Waals surface area contributed by atoms with Crippen molar-refractivity contribution in [3.63, 3.8) is 0 Å². The van der Waals surface area contributed by atoms with Gasteiger partial charge in [0, 0.05) is 6.42 Å². The van der Waals surface area contributed by atoms with Gasteiger partial charge in [-0.05, 0) is 12.2 Å². The van der Waals surface area contributed by atoms with Gasteiger partial charge >= 0.3 is 0 Å². The summed E-state index contributed by atoms with van der Waals surface area (Å²) >= 11 is 0. The fraction of sp³-hybridized carbons (Fsp3) is 0.286. The summed E-state index contributed by atoms with van der Waals surface area (Å²) in [6.45, 7) is 0. The fourth-order valence-corrected chi connectivity index (χ4v) is 0.770. The van der Waals surface area contributed by atoms with E-state index in [1.54, 1.807) is 0 Å². The Hall–Kier alpha value is -0.990. The standard InChI is InChI=1S/C7H6F2O/c8-6-2-1-3-7(9,4-6)5-10/h1-3,5H,4H2. The molecule has 1 nitrogen and oxygen atoms in total. The molecule has 0 spiro atoms. The monoisotopic (exact) mass is 144 g/mol. The highest BCUT2D eigenvalue weighted by Gasteiger charge is 2.28. The molecule has 10 heavy (non-hydrogen) atoms. The zero-order valence-electron chi connectivity index (χ0n) is 5.18. The normalized spacial score (nSPS) is 31.6. The first-order valence-electron chi connectivity index (χ1n) is 2.85. The Balaban J connectivity index is 2.80. The number of rotatable bonds is 1. The quantitative estimate of drug-likeness (QED) is 0.512. The number of halogens is 2. The Bertz CT molecular complexity index is 208. The molecule has 0 saturated carbocycles. The van der Waals surface area contributed by atoms with E-state index >= 15 is 0 Å². The Kier molecular flexibility index (Phi) is 1.66. The van der Waals surface area contributed by atoms with Crippen LogP contribution in [0, 0.1) is 0 Å². The van der Waals surface area contributed by atoms with E-state index in [-0.39, 0.29) is 6.29 Å². The SMILES string of the molecule is O=CC1(F)C=CC=C(F)C1. The molecule has 0 radical (unpaired) electrons. The third-order valence-corrected chi connectivity index (χ3v) is 1.29. The maximum atomic E-state index is 12.8. The van der Waals surface area contributed by atoms with E-state index in [1.807, 2.05) is 0 Å². The van der Waals surface area contributed by atoms with Crippen LogP contribution in [0.25, 0.3) is 0 Å². The lowest BCUT2D eigenvalue weighted by molar-refractivity contribution is -0.115. The Labute approximate surface area is 57.0 Å². The smallest absolute Gasteiger partial charge is 0.190 e. The van der Waals surface area contributed by atoms with Crippen LogP contribution < -0.4 is 0 Å². The van der Waals surface area contributed by atoms with Gasteiger partial charge in [-0.25, -0.2) is 8.78 Å². The van der Waals surface area contributed by atoms with E-state index < -0.39 is 17.9 Å². The van der Waals surface area contributed by atoms with Crippen molar-refractivity contribution in [3.05, 3.63) is 24.1 Å². The van der Waals surface area contributed by atoms with Crippen LogP contribution in [0.15, 0.2) is 24.1 Å². The molecule has 1 atom stereocenters. The molecule has 0 fully saturated rings. The van der Waals surface area contributed by atoms with Crippen molar-refractivity contribution in [1.29, 1.82) is 0 Å². The van der Waals surface area contributed by atoms with Crippen LogP contribution in [-0.2, 0) is 4.79 Å². The van der Waals surface area contributed by atoms with Gasteiger partial charge in [-0.2, -0.15) is 0 Å². The maximum Gasteiger partial charge on any atom is 0.190 e. The number of allylic oxidation sites excluding steroid dienone is 4. The summed E-state index contributed by atoms with van der Waals surface area (Å²) in [6, 6.07) is 0. The number of hydrogen-bond acceptors (Lipinski definition) is 1. The summed E-state index contributed by atoms with van der Waals surface area (Å²) in [5, 5.41) is 0. The molecule has 0 N–H and O–H groups in total. The number of carbonyl (C=O) groups is 1. The van der Waals surface area contributed by atoms with Gasteiger partial charge in [0.2, 0.25) is 0 Å². The van der Waals surface area contributed by atoms with Gasteiger partial charge in [0.25, 0.3) is 0 Å². The summed E-state index contributed by atoms with van der Waals surface area (Å²) in [6.07, 6.45) is 3.03. The molecule has 3 heteroatoms. The third kappa shape index (κ3) is 1.29. The zero-order chi connectivity index (χ0) is 7.61. The first kappa shape index (κ1) is 7.12. The van der Waals surface area contributed by atoms with Crippen molar-refractivity contribution in [2.45, 2.75) is 12.1 Å². The number of hydrogen-bond donors (Lipinski definition) is 0. The molecular formula is C7H6F2O. The Morgan fingerprint density at radius 2 is 2.40 bits per heavy atom. The summed E-state index contributed by atoms with van der Waals surface area (Å²) in [5.41, 5.74) is -2.11. The molecule has 1 rings (SSSR count). The van der Waals surface area contributed by atoms with Crippen LogP contribution in [0.4, 0.5) is 8.78 Å². The number of carbonyl (C=O) groups excluding carboxylic acids is 1. The molecule has 0 aromatic heterocycles. The molecule has 1 aliphatic rings. The lowest BCUT2D eigenvalue weighted by Crippen LogP contribution is -2.23. The van der Waals surface area contributed by atoms with Gasteiger partial charge in [-0.1, -0.05) is 6.08 Å². The summed E-state index contributed by atoms with van der Waals surface area (Å²) in [7, 11) is 0. The summed E-state index contributed by atoms with van der Waals surface area (Å²) < 4.78 is 25.1. The van der Waals surface area contributed by atoms with Crippen molar-refractivity contribution in [2.24, 2.45) is 0 Å². The molecule has 54 valence electrons. The van der Waals surface area contributed by atoms with E-state index in [9.17, 15) is 13.6 Å². The van der Waals surface area contributed by atoms with Gasteiger partial charge in [0.05, 0.1) is 0 Å². The Morgan fingerprint density at radius 1 is 1.70 bits per heavy atom. The molecule has 1 unspecified atom stereocenters. The lowest BCUT2D eigenvalue weighted by Gasteiger charge is -2.14. The predicted molar refractivity (Wildman–Crippen MR) is 32.9 cm³/mol. The van der Waals surface area contributed by atoms with Crippen LogP contribution in [-0.4, -0.2) is 12.0 Å². The number of aldehydes is 1. The molecule has 0 heterocycles. The van der Waals surface area contributed by atoms with Crippen LogP contribution >= 0.6 is 0 Å². The van der Waals surface area contributed by atoms with Crippen LogP contribution in [0.2, 0.25) is 0 Å². The van der Waals surface area contributed by atoms with Gasteiger partial charge in [0.1, 0.15) is 5.83 Å². The fourth-order valence-electron chi connectivity index (χ4n) is 0.770. The average molecular weight is 144 g/mol. The van der Waals surface area contributed by atoms with Crippen molar-refractivity contribution in [3.8, 4) is 0 Å². The molecular weight excluding hydrogens is 138 g/mol. The minimum absolute atomic E-state index is 0.107. The predicted octanol–water partition coefficient (Wildman–Crippen LogP) is 1.71. The number of alkyl halides is 1. The van der Waals surface area contributed by atoms with Gasteiger partial charge in [-0.3, -0.25) is 4.79 Å². The van der Waals surface area contributed by atoms with Gasteiger partial charge < -0.3 is 0 Å². The first-order valence-corrected chi connectivity index (χ1v) is 2.85. The van der Waals surface area contributed by atoms with Crippen molar-refractivity contribution in [2.75, 3.05) is 0 Å². The second kappa shape index (κ2) is 2.33. The molecule has 0 bridgehead atoms. The van der Waals surface area contributed by atoms with Gasteiger partial charge in [0.15, 0.2) is 12.0 Å². The second-order valence-corrected chi connectivity index (χ2v) is 2.19. The van der Waals surface area contributed by atoms with Crippen molar-refractivity contribution in [1.82, 2.24) is 0 Å². The second-order valence-electron chi connectivity index (χ2n) is 2.19. The maximum absolute atomic E-state index is 12.8. The third-order valence-electron chi connectivity index (χ3n) is 1.29. The van der Waals surface area contributed by atoms with E-state index in [2.05, 4.69) is 0 Å². The average Bonchev–Trinajstić information content (AvgIpc) is 1.88. The minimum atomic E-state index is -2.11. The molecule has 0 amide bonds. The lowest BCUT2D eigenvalue weighted by atomic mass is 9.99. The summed E-state index contributed by atoms with van der Waals surface area (Å²) in [4.78, 5) is 10.0. The highest BCUT2D eigenvalue weighted by molar-refractivity contribution is 5.67. The van der Waals surface area contributed by atoms with Crippen LogP contribution in [0.3, 0.4) is 0 Å².